The summed E-state index contributed by atoms with van der Waals surface area (Å²) < 4.78 is 33.3. The van der Waals surface area contributed by atoms with Crippen LogP contribution in [0.3, 0.4) is 0 Å². The third-order valence-corrected chi connectivity index (χ3v) is 5.47. The van der Waals surface area contributed by atoms with Gasteiger partial charge in [0.1, 0.15) is 17.5 Å². The molecule has 0 atom stereocenters. The van der Waals surface area contributed by atoms with Crippen molar-refractivity contribution in [3.63, 3.8) is 0 Å². The Balaban J connectivity index is 1.72. The zero-order chi connectivity index (χ0) is 19.9. The van der Waals surface area contributed by atoms with E-state index in [4.69, 9.17) is 4.52 Å². The fourth-order valence-electron chi connectivity index (χ4n) is 4.10. The highest BCUT2D eigenvalue weighted by Gasteiger charge is 2.43. The minimum Gasteiger partial charge on any atom is -0.339 e. The molecule has 146 valence electrons. The van der Waals surface area contributed by atoms with Crippen LogP contribution in [-0.2, 0) is 11.8 Å². The second-order valence-electron chi connectivity index (χ2n) is 7.32. The van der Waals surface area contributed by atoms with E-state index in [9.17, 15) is 13.6 Å². The quantitative estimate of drug-likeness (QED) is 0.742. The topological polar surface area (TPSA) is 84.7 Å². The van der Waals surface area contributed by atoms with Gasteiger partial charge in [-0.3, -0.25) is 4.79 Å². The second kappa shape index (κ2) is 6.92. The number of H-pyrrole nitrogens is 1. The standard InChI is InChI=1S/C20H20F2N4O2/c1-11-14(18(27)24-12(2)23-11)10-17-25-19(26-28-17)20(7-3-4-8-20)15-6-5-13(21)9-16(15)22/h5-6,9H,3-4,7-8,10H2,1-2H3,(H,23,24,27). The fourth-order valence-corrected chi connectivity index (χ4v) is 4.10. The molecule has 0 radical (unpaired) electrons. The average Bonchev–Trinajstić information content (AvgIpc) is 3.28. The smallest absolute Gasteiger partial charge is 0.254 e. The predicted octanol–water partition coefficient (Wildman–Crippen LogP) is 3.50. The Kier molecular flexibility index (Phi) is 4.56. The van der Waals surface area contributed by atoms with E-state index in [0.29, 0.717) is 41.3 Å². The number of aryl methyl sites for hydroxylation is 2. The third kappa shape index (κ3) is 3.12. The molecule has 8 heteroatoms. The molecular weight excluding hydrogens is 366 g/mol. The van der Waals surface area contributed by atoms with Crippen molar-refractivity contribution in [3.8, 4) is 0 Å². The van der Waals surface area contributed by atoms with Gasteiger partial charge in [-0.05, 0) is 32.8 Å². The predicted molar refractivity (Wildman–Crippen MR) is 97.0 cm³/mol. The van der Waals surface area contributed by atoms with Crippen LogP contribution in [0.2, 0.25) is 0 Å². The molecule has 2 aromatic heterocycles. The lowest BCUT2D eigenvalue weighted by Gasteiger charge is -2.26. The molecule has 1 aliphatic carbocycles. The van der Waals surface area contributed by atoms with Crippen LogP contribution in [0.4, 0.5) is 8.78 Å². The molecule has 1 saturated carbocycles. The number of nitrogens with zero attached hydrogens (tertiary/aromatic N) is 3. The lowest BCUT2D eigenvalue weighted by atomic mass is 9.78. The van der Waals surface area contributed by atoms with Crippen LogP contribution in [0.25, 0.3) is 0 Å². The van der Waals surface area contributed by atoms with Crippen LogP contribution in [0.5, 0.6) is 0 Å². The number of rotatable bonds is 4. The van der Waals surface area contributed by atoms with E-state index in [-0.39, 0.29) is 17.9 Å². The van der Waals surface area contributed by atoms with Crippen molar-refractivity contribution in [3.05, 3.63) is 74.5 Å². The maximum Gasteiger partial charge on any atom is 0.254 e. The lowest BCUT2D eigenvalue weighted by Crippen LogP contribution is -2.27. The summed E-state index contributed by atoms with van der Waals surface area (Å²) in [7, 11) is 0. The summed E-state index contributed by atoms with van der Waals surface area (Å²) in [6.07, 6.45) is 3.23. The third-order valence-electron chi connectivity index (χ3n) is 5.47. The number of halogens is 2. The molecule has 3 aromatic rings. The van der Waals surface area contributed by atoms with E-state index < -0.39 is 17.0 Å². The van der Waals surface area contributed by atoms with Gasteiger partial charge in [-0.15, -0.1) is 0 Å². The van der Waals surface area contributed by atoms with Gasteiger partial charge in [-0.25, -0.2) is 13.8 Å². The van der Waals surface area contributed by atoms with Crippen molar-refractivity contribution in [2.75, 3.05) is 0 Å². The van der Waals surface area contributed by atoms with E-state index in [1.165, 1.54) is 12.1 Å². The van der Waals surface area contributed by atoms with Crippen molar-refractivity contribution < 1.29 is 13.3 Å². The van der Waals surface area contributed by atoms with Gasteiger partial charge >= 0.3 is 0 Å². The molecule has 1 aliphatic rings. The van der Waals surface area contributed by atoms with E-state index in [1.54, 1.807) is 13.8 Å². The average molecular weight is 386 g/mol. The highest BCUT2D eigenvalue weighted by Crippen LogP contribution is 2.46. The van der Waals surface area contributed by atoms with Crippen LogP contribution >= 0.6 is 0 Å². The molecule has 1 aromatic carbocycles. The van der Waals surface area contributed by atoms with E-state index in [2.05, 4.69) is 20.1 Å². The Bertz CT molecular complexity index is 1080. The van der Waals surface area contributed by atoms with Gasteiger partial charge in [0, 0.05) is 22.9 Å². The highest BCUT2D eigenvalue weighted by molar-refractivity contribution is 5.35. The number of hydrogen-bond acceptors (Lipinski definition) is 5. The molecule has 0 saturated heterocycles. The van der Waals surface area contributed by atoms with Gasteiger partial charge in [0.25, 0.3) is 5.56 Å². The molecular formula is C20H20F2N4O2. The van der Waals surface area contributed by atoms with Crippen LogP contribution in [0.15, 0.2) is 27.5 Å². The molecule has 0 spiro atoms. The molecule has 0 amide bonds. The number of hydrogen-bond donors (Lipinski definition) is 1. The van der Waals surface area contributed by atoms with E-state index in [0.717, 1.165) is 18.9 Å². The van der Waals surface area contributed by atoms with Gasteiger partial charge in [-0.2, -0.15) is 4.98 Å². The number of aromatic nitrogens is 4. The summed E-state index contributed by atoms with van der Waals surface area (Å²) in [5, 5.41) is 4.10. The van der Waals surface area contributed by atoms with Gasteiger partial charge in [0.05, 0.1) is 11.8 Å². The first kappa shape index (κ1) is 18.5. The molecule has 1 N–H and O–H groups in total. The van der Waals surface area contributed by atoms with Crippen LogP contribution in [0, 0.1) is 25.5 Å². The Labute approximate surface area is 160 Å². The SMILES string of the molecule is Cc1nc(C)c(Cc2nc(C3(c4ccc(F)cc4F)CCCC3)no2)c(=O)[nH]1. The van der Waals surface area contributed by atoms with Crippen molar-refractivity contribution in [2.24, 2.45) is 0 Å². The molecule has 4 rings (SSSR count). The normalized spacial score (nSPS) is 15.9. The van der Waals surface area contributed by atoms with Gasteiger partial charge < -0.3 is 9.51 Å². The second-order valence-corrected chi connectivity index (χ2v) is 7.32. The zero-order valence-corrected chi connectivity index (χ0v) is 15.7. The summed E-state index contributed by atoms with van der Waals surface area (Å²) in [6, 6.07) is 3.60. The summed E-state index contributed by atoms with van der Waals surface area (Å²) in [6.45, 7) is 3.46. The monoisotopic (exact) mass is 386 g/mol. The minimum atomic E-state index is -0.744. The molecule has 0 aliphatic heterocycles. The molecule has 28 heavy (non-hydrogen) atoms. The molecule has 0 bridgehead atoms. The lowest BCUT2D eigenvalue weighted by molar-refractivity contribution is 0.361. The first-order chi connectivity index (χ1) is 13.4. The van der Waals surface area contributed by atoms with Crippen LogP contribution in [-0.4, -0.2) is 20.1 Å². The van der Waals surface area contributed by atoms with Crippen LogP contribution < -0.4 is 5.56 Å². The maximum atomic E-state index is 14.6. The van der Waals surface area contributed by atoms with Gasteiger partial charge in [0.2, 0.25) is 5.89 Å². The van der Waals surface area contributed by atoms with Crippen molar-refractivity contribution in [1.82, 2.24) is 20.1 Å². The Morgan fingerprint density at radius 3 is 2.61 bits per heavy atom. The summed E-state index contributed by atoms with van der Waals surface area (Å²) in [5.41, 5.74) is 0.442. The van der Waals surface area contributed by atoms with Gasteiger partial charge in [0.15, 0.2) is 5.82 Å². The molecule has 0 unspecified atom stereocenters. The Hall–Kier alpha value is -2.90. The maximum absolute atomic E-state index is 14.6. The first-order valence-corrected chi connectivity index (χ1v) is 9.24. The number of nitrogens with one attached hydrogen (secondary N) is 1. The van der Waals surface area contributed by atoms with E-state index >= 15 is 0 Å². The number of aromatic amines is 1. The summed E-state index contributed by atoms with van der Waals surface area (Å²) in [5.74, 6) is -0.0510. The van der Waals surface area contributed by atoms with Gasteiger partial charge in [-0.1, -0.05) is 24.1 Å². The van der Waals surface area contributed by atoms with Crippen molar-refractivity contribution in [2.45, 2.75) is 51.4 Å². The molecule has 1 fully saturated rings. The minimum absolute atomic E-state index is 0.142. The van der Waals surface area contributed by atoms with Crippen molar-refractivity contribution >= 4 is 0 Å². The van der Waals surface area contributed by atoms with Crippen molar-refractivity contribution in [1.29, 1.82) is 0 Å². The largest absolute Gasteiger partial charge is 0.339 e. The summed E-state index contributed by atoms with van der Waals surface area (Å²) >= 11 is 0. The van der Waals surface area contributed by atoms with Crippen LogP contribution in [0.1, 0.15) is 60.0 Å². The first-order valence-electron chi connectivity index (χ1n) is 9.24. The molecule has 6 nitrogen and oxygen atoms in total. The highest BCUT2D eigenvalue weighted by atomic mass is 19.1. The van der Waals surface area contributed by atoms with E-state index in [1.807, 2.05) is 0 Å². The number of benzene rings is 1. The zero-order valence-electron chi connectivity index (χ0n) is 15.7. The fraction of sp³-hybridized carbons (Fsp3) is 0.400. The Morgan fingerprint density at radius 2 is 1.93 bits per heavy atom. The Morgan fingerprint density at radius 1 is 1.18 bits per heavy atom. The summed E-state index contributed by atoms with van der Waals surface area (Å²) in [4.78, 5) is 23.6. The molecule has 2 heterocycles.